The van der Waals surface area contributed by atoms with Crippen LogP contribution in [0.5, 0.6) is 0 Å². The first-order valence-electron chi connectivity index (χ1n) is 7.40. The molecular formula is C15H30N2O3. The summed E-state index contributed by atoms with van der Waals surface area (Å²) in [7, 11) is 0. The van der Waals surface area contributed by atoms with Crippen LogP contribution in [0.4, 0.5) is 0 Å². The predicted molar refractivity (Wildman–Crippen MR) is 81.5 cm³/mol. The van der Waals surface area contributed by atoms with Crippen LogP contribution in [0, 0.1) is 5.92 Å². The topological polar surface area (TPSA) is 59.6 Å². The highest BCUT2D eigenvalue weighted by atomic mass is 16.5. The Morgan fingerprint density at radius 3 is 2.50 bits per heavy atom. The van der Waals surface area contributed by atoms with E-state index in [1.54, 1.807) is 0 Å². The number of carbonyl (C=O) groups is 1. The van der Waals surface area contributed by atoms with Gasteiger partial charge in [0.25, 0.3) is 0 Å². The molecule has 1 amide bonds. The summed E-state index contributed by atoms with van der Waals surface area (Å²) in [6.07, 6.45) is 2.16. The van der Waals surface area contributed by atoms with Gasteiger partial charge in [-0.2, -0.15) is 0 Å². The van der Waals surface area contributed by atoms with Crippen molar-refractivity contribution in [3.63, 3.8) is 0 Å². The summed E-state index contributed by atoms with van der Waals surface area (Å²) >= 11 is 0. The third-order valence-electron chi connectivity index (χ3n) is 2.62. The Morgan fingerprint density at radius 1 is 1.15 bits per heavy atom. The molecular weight excluding hydrogens is 256 g/mol. The molecule has 0 fully saturated rings. The minimum atomic E-state index is -0.0874. The molecule has 5 nitrogen and oxygen atoms in total. The van der Waals surface area contributed by atoms with Crippen molar-refractivity contribution < 1.29 is 14.3 Å². The van der Waals surface area contributed by atoms with E-state index in [1.165, 1.54) is 0 Å². The molecule has 0 rings (SSSR count). The van der Waals surface area contributed by atoms with Crippen molar-refractivity contribution in [2.24, 2.45) is 5.92 Å². The summed E-state index contributed by atoms with van der Waals surface area (Å²) in [6, 6.07) is 0. The van der Waals surface area contributed by atoms with E-state index in [1.807, 2.05) is 6.92 Å². The molecule has 0 radical (unpaired) electrons. The van der Waals surface area contributed by atoms with Crippen LogP contribution in [-0.2, 0) is 14.3 Å². The van der Waals surface area contributed by atoms with Crippen molar-refractivity contribution in [1.82, 2.24) is 10.6 Å². The van der Waals surface area contributed by atoms with Gasteiger partial charge in [-0.1, -0.05) is 20.4 Å². The molecule has 0 unspecified atom stereocenters. The fourth-order valence-electron chi connectivity index (χ4n) is 1.48. The molecule has 5 heteroatoms. The summed E-state index contributed by atoms with van der Waals surface area (Å²) < 4.78 is 10.6. The third-order valence-corrected chi connectivity index (χ3v) is 2.62. The number of carbonyl (C=O) groups excluding carboxylic acids is 1. The minimum Gasteiger partial charge on any atom is -0.387 e. The largest absolute Gasteiger partial charge is 0.387 e. The number of hydrogen-bond acceptors (Lipinski definition) is 4. The Morgan fingerprint density at radius 2 is 1.85 bits per heavy atom. The lowest BCUT2D eigenvalue weighted by atomic mass is 10.1. The van der Waals surface area contributed by atoms with Crippen LogP contribution in [0.2, 0.25) is 0 Å². The van der Waals surface area contributed by atoms with Gasteiger partial charge in [0.2, 0.25) is 5.91 Å². The quantitative estimate of drug-likeness (QED) is 0.506. The maximum absolute atomic E-state index is 11.1. The fraction of sp³-hybridized carbons (Fsp3) is 0.800. The Balaban J connectivity index is 3.24. The van der Waals surface area contributed by atoms with Crippen molar-refractivity contribution in [2.45, 2.75) is 33.6 Å². The number of amides is 1. The first-order valence-corrected chi connectivity index (χ1v) is 7.40. The van der Waals surface area contributed by atoms with E-state index in [4.69, 9.17) is 9.47 Å². The standard InChI is InChI=1S/C15H30N2O3/c1-5-16-15(18)12-20-11-10-19-9-8-17-14(4)7-6-13(2)3/h13,17H,4-12H2,1-3H3,(H,16,18). The zero-order chi connectivity index (χ0) is 15.2. The molecule has 0 aromatic carbocycles. The third kappa shape index (κ3) is 13.4. The van der Waals surface area contributed by atoms with E-state index in [9.17, 15) is 4.79 Å². The van der Waals surface area contributed by atoms with Gasteiger partial charge in [-0.25, -0.2) is 0 Å². The van der Waals surface area contributed by atoms with Gasteiger partial charge in [-0.05, 0) is 25.7 Å². The highest BCUT2D eigenvalue weighted by Gasteiger charge is 1.99. The van der Waals surface area contributed by atoms with Crippen molar-refractivity contribution in [1.29, 1.82) is 0 Å². The monoisotopic (exact) mass is 286 g/mol. The Hall–Kier alpha value is -1.07. The highest BCUT2D eigenvalue weighted by Crippen LogP contribution is 2.07. The number of likely N-dealkylation sites (N-methyl/N-ethyl adjacent to an activating group) is 1. The SMILES string of the molecule is C=C(CCC(C)C)NCCOCCOCC(=O)NCC. The van der Waals surface area contributed by atoms with E-state index < -0.39 is 0 Å². The summed E-state index contributed by atoms with van der Waals surface area (Å²) in [6.45, 7) is 13.3. The molecule has 0 aliphatic rings. The summed E-state index contributed by atoms with van der Waals surface area (Å²) in [4.78, 5) is 11.1. The van der Waals surface area contributed by atoms with E-state index >= 15 is 0 Å². The fourth-order valence-corrected chi connectivity index (χ4v) is 1.48. The minimum absolute atomic E-state index is 0.0874. The molecule has 0 aliphatic heterocycles. The number of rotatable bonds is 13. The van der Waals surface area contributed by atoms with Crippen LogP contribution < -0.4 is 10.6 Å². The molecule has 0 bridgehead atoms. The lowest BCUT2D eigenvalue weighted by Gasteiger charge is -2.11. The second-order valence-corrected chi connectivity index (χ2v) is 5.08. The van der Waals surface area contributed by atoms with Gasteiger partial charge >= 0.3 is 0 Å². The zero-order valence-electron chi connectivity index (χ0n) is 13.2. The molecule has 2 N–H and O–H groups in total. The van der Waals surface area contributed by atoms with Crippen molar-refractivity contribution in [2.75, 3.05) is 39.5 Å². The Bertz CT molecular complexity index is 268. The summed E-state index contributed by atoms with van der Waals surface area (Å²) in [5.74, 6) is 0.613. The van der Waals surface area contributed by atoms with Gasteiger partial charge < -0.3 is 20.1 Å². The van der Waals surface area contributed by atoms with Gasteiger partial charge in [0, 0.05) is 18.8 Å². The molecule has 0 saturated carbocycles. The van der Waals surface area contributed by atoms with Crippen molar-refractivity contribution >= 4 is 5.91 Å². The van der Waals surface area contributed by atoms with E-state index in [0.29, 0.717) is 32.3 Å². The zero-order valence-corrected chi connectivity index (χ0v) is 13.2. The number of nitrogens with one attached hydrogen (secondary N) is 2. The van der Waals surface area contributed by atoms with Gasteiger partial charge in [0.1, 0.15) is 6.61 Å². The van der Waals surface area contributed by atoms with E-state index in [-0.39, 0.29) is 12.5 Å². The molecule has 20 heavy (non-hydrogen) atoms. The van der Waals surface area contributed by atoms with E-state index in [2.05, 4.69) is 31.1 Å². The van der Waals surface area contributed by atoms with Crippen LogP contribution in [0.25, 0.3) is 0 Å². The van der Waals surface area contributed by atoms with Crippen LogP contribution in [0.15, 0.2) is 12.3 Å². The number of ether oxygens (including phenoxy) is 2. The van der Waals surface area contributed by atoms with Gasteiger partial charge in [0.05, 0.1) is 19.8 Å². The van der Waals surface area contributed by atoms with E-state index in [0.717, 1.165) is 25.1 Å². The first-order chi connectivity index (χ1) is 9.56. The highest BCUT2D eigenvalue weighted by molar-refractivity contribution is 5.77. The molecule has 0 aromatic rings. The van der Waals surface area contributed by atoms with Crippen molar-refractivity contribution in [3.05, 3.63) is 12.3 Å². The molecule has 0 aliphatic carbocycles. The van der Waals surface area contributed by atoms with Gasteiger partial charge in [-0.15, -0.1) is 0 Å². The molecule has 0 spiro atoms. The average molecular weight is 286 g/mol. The molecule has 0 aromatic heterocycles. The van der Waals surface area contributed by atoms with Crippen LogP contribution in [-0.4, -0.2) is 45.4 Å². The molecule has 0 saturated heterocycles. The second kappa shape index (κ2) is 12.9. The number of allylic oxidation sites excluding steroid dienone is 1. The van der Waals surface area contributed by atoms with Crippen LogP contribution >= 0.6 is 0 Å². The maximum Gasteiger partial charge on any atom is 0.245 e. The first kappa shape index (κ1) is 18.9. The normalized spacial score (nSPS) is 10.6. The molecule has 0 atom stereocenters. The lowest BCUT2D eigenvalue weighted by molar-refractivity contribution is -0.126. The predicted octanol–water partition coefficient (Wildman–Crippen LogP) is 1.70. The summed E-state index contributed by atoms with van der Waals surface area (Å²) in [5.41, 5.74) is 1.06. The Kier molecular flexibility index (Phi) is 12.2. The van der Waals surface area contributed by atoms with Crippen LogP contribution in [0.1, 0.15) is 33.6 Å². The maximum atomic E-state index is 11.1. The molecule has 0 heterocycles. The lowest BCUT2D eigenvalue weighted by Crippen LogP contribution is -2.28. The summed E-state index contributed by atoms with van der Waals surface area (Å²) in [5, 5.41) is 5.90. The smallest absolute Gasteiger partial charge is 0.245 e. The average Bonchev–Trinajstić information content (AvgIpc) is 2.39. The van der Waals surface area contributed by atoms with Crippen molar-refractivity contribution in [3.8, 4) is 0 Å². The number of hydrogen-bond donors (Lipinski definition) is 2. The Labute approximate surface area is 123 Å². The second-order valence-electron chi connectivity index (χ2n) is 5.08. The molecule has 118 valence electrons. The van der Waals surface area contributed by atoms with Gasteiger partial charge in [0.15, 0.2) is 0 Å². The van der Waals surface area contributed by atoms with Gasteiger partial charge in [-0.3, -0.25) is 4.79 Å². The van der Waals surface area contributed by atoms with Crippen LogP contribution in [0.3, 0.4) is 0 Å².